The summed E-state index contributed by atoms with van der Waals surface area (Å²) >= 11 is 5.97. The number of benzene rings is 1. The van der Waals surface area contributed by atoms with Crippen LogP contribution in [0.3, 0.4) is 0 Å². The van der Waals surface area contributed by atoms with Gasteiger partial charge in [-0.25, -0.2) is 0 Å². The SMILES string of the molecule is COc1cc(C(=O)NCC2CN3CCN2CC3)ccc1Cl. The Kier molecular flexibility index (Phi) is 4.33. The standard InChI is InChI=1S/C15H20ClN3O2/c1-21-14-8-11(2-3-13(14)16)15(20)17-9-12-10-18-4-6-19(12)7-5-18/h2-3,8,12H,4-7,9-10H2,1H3,(H,17,20). The Hall–Kier alpha value is -1.30. The van der Waals surface area contributed by atoms with Gasteiger partial charge in [0, 0.05) is 50.9 Å². The first-order valence-corrected chi connectivity index (χ1v) is 7.63. The predicted octanol–water partition coefficient (Wildman–Crippen LogP) is 1.08. The maximum absolute atomic E-state index is 12.2. The number of ether oxygens (including phenoxy) is 1. The number of nitrogens with zero attached hydrogens (tertiary/aromatic N) is 2. The molecular formula is C15H20ClN3O2. The lowest BCUT2D eigenvalue weighted by Crippen LogP contribution is -2.63. The third-order valence-corrected chi connectivity index (χ3v) is 4.62. The summed E-state index contributed by atoms with van der Waals surface area (Å²) in [5.74, 6) is 0.443. The van der Waals surface area contributed by atoms with E-state index in [1.54, 1.807) is 25.3 Å². The van der Waals surface area contributed by atoms with Gasteiger partial charge in [-0.05, 0) is 18.2 Å². The molecule has 3 saturated heterocycles. The molecule has 1 atom stereocenters. The highest BCUT2D eigenvalue weighted by Gasteiger charge is 2.31. The number of rotatable bonds is 4. The molecule has 0 radical (unpaired) electrons. The van der Waals surface area contributed by atoms with Crippen LogP contribution >= 0.6 is 11.6 Å². The molecule has 1 amide bonds. The van der Waals surface area contributed by atoms with Gasteiger partial charge < -0.3 is 10.1 Å². The highest BCUT2D eigenvalue weighted by Crippen LogP contribution is 2.25. The lowest BCUT2D eigenvalue weighted by atomic mass is 10.1. The van der Waals surface area contributed by atoms with Gasteiger partial charge >= 0.3 is 0 Å². The van der Waals surface area contributed by atoms with Crippen LogP contribution in [0.4, 0.5) is 0 Å². The largest absolute Gasteiger partial charge is 0.495 e. The van der Waals surface area contributed by atoms with E-state index in [4.69, 9.17) is 16.3 Å². The molecule has 2 bridgehead atoms. The monoisotopic (exact) mass is 309 g/mol. The molecule has 5 nitrogen and oxygen atoms in total. The molecule has 114 valence electrons. The molecule has 1 unspecified atom stereocenters. The summed E-state index contributed by atoms with van der Waals surface area (Å²) < 4.78 is 5.14. The summed E-state index contributed by atoms with van der Waals surface area (Å²) in [6, 6.07) is 5.50. The van der Waals surface area contributed by atoms with E-state index in [1.165, 1.54) is 0 Å². The molecule has 3 aliphatic rings. The van der Waals surface area contributed by atoms with Crippen molar-refractivity contribution in [2.75, 3.05) is 46.4 Å². The summed E-state index contributed by atoms with van der Waals surface area (Å²) in [4.78, 5) is 17.2. The van der Waals surface area contributed by atoms with Crippen molar-refractivity contribution in [3.63, 3.8) is 0 Å². The second-order valence-electron chi connectivity index (χ2n) is 5.55. The van der Waals surface area contributed by atoms with Crippen molar-refractivity contribution in [2.24, 2.45) is 0 Å². The Morgan fingerprint density at radius 3 is 2.76 bits per heavy atom. The summed E-state index contributed by atoms with van der Waals surface area (Å²) in [5.41, 5.74) is 0.576. The van der Waals surface area contributed by atoms with Crippen LogP contribution in [-0.4, -0.2) is 68.1 Å². The first-order chi connectivity index (χ1) is 10.2. The lowest BCUT2D eigenvalue weighted by Gasteiger charge is -2.47. The van der Waals surface area contributed by atoms with Crippen LogP contribution in [0.5, 0.6) is 5.75 Å². The van der Waals surface area contributed by atoms with Gasteiger partial charge in [0.15, 0.2) is 0 Å². The van der Waals surface area contributed by atoms with Crippen molar-refractivity contribution < 1.29 is 9.53 Å². The number of carbonyl (C=O) groups is 1. The maximum atomic E-state index is 12.2. The molecule has 3 fully saturated rings. The smallest absolute Gasteiger partial charge is 0.251 e. The van der Waals surface area contributed by atoms with Gasteiger partial charge in [0.25, 0.3) is 5.91 Å². The highest BCUT2D eigenvalue weighted by molar-refractivity contribution is 6.32. The molecule has 1 aromatic carbocycles. The van der Waals surface area contributed by atoms with E-state index in [0.29, 0.717) is 28.9 Å². The molecule has 6 heteroatoms. The molecule has 21 heavy (non-hydrogen) atoms. The molecule has 1 N–H and O–H groups in total. The first kappa shape index (κ1) is 14.6. The minimum absolute atomic E-state index is 0.0809. The Morgan fingerprint density at radius 2 is 2.14 bits per heavy atom. The average molecular weight is 310 g/mol. The third kappa shape index (κ3) is 3.15. The Morgan fingerprint density at radius 1 is 1.38 bits per heavy atom. The number of hydrogen-bond donors (Lipinski definition) is 1. The molecular weight excluding hydrogens is 290 g/mol. The van der Waals surface area contributed by atoms with Gasteiger partial charge in [0.05, 0.1) is 12.1 Å². The van der Waals surface area contributed by atoms with Gasteiger partial charge in [-0.1, -0.05) is 11.6 Å². The zero-order chi connectivity index (χ0) is 14.8. The molecule has 0 spiro atoms. The molecule has 0 saturated carbocycles. The minimum Gasteiger partial charge on any atom is -0.495 e. The number of methoxy groups -OCH3 is 1. The van der Waals surface area contributed by atoms with Crippen LogP contribution in [0.2, 0.25) is 5.02 Å². The van der Waals surface area contributed by atoms with Crippen LogP contribution in [0.25, 0.3) is 0 Å². The fourth-order valence-electron chi connectivity index (χ4n) is 3.03. The highest BCUT2D eigenvalue weighted by atomic mass is 35.5. The number of hydrogen-bond acceptors (Lipinski definition) is 4. The minimum atomic E-state index is -0.0809. The van der Waals surface area contributed by atoms with Crippen molar-refractivity contribution in [3.8, 4) is 5.75 Å². The number of halogens is 1. The number of fused-ring (bicyclic) bond motifs is 3. The van der Waals surface area contributed by atoms with Crippen molar-refractivity contribution in [1.82, 2.24) is 15.1 Å². The maximum Gasteiger partial charge on any atom is 0.251 e. The van der Waals surface area contributed by atoms with Crippen LogP contribution in [-0.2, 0) is 0 Å². The summed E-state index contributed by atoms with van der Waals surface area (Å²) in [7, 11) is 1.55. The van der Waals surface area contributed by atoms with Gasteiger partial charge in [0.1, 0.15) is 5.75 Å². The van der Waals surface area contributed by atoms with Crippen LogP contribution in [0.1, 0.15) is 10.4 Å². The van der Waals surface area contributed by atoms with E-state index in [9.17, 15) is 4.79 Å². The molecule has 3 heterocycles. The fraction of sp³-hybridized carbons (Fsp3) is 0.533. The van der Waals surface area contributed by atoms with E-state index in [1.807, 2.05) is 0 Å². The summed E-state index contributed by atoms with van der Waals surface area (Å²) in [6.45, 7) is 6.24. The molecule has 4 rings (SSSR count). The van der Waals surface area contributed by atoms with Crippen LogP contribution in [0, 0.1) is 0 Å². The number of carbonyl (C=O) groups excluding carboxylic acids is 1. The van der Waals surface area contributed by atoms with Gasteiger partial charge in [0.2, 0.25) is 0 Å². The second kappa shape index (κ2) is 6.22. The topological polar surface area (TPSA) is 44.8 Å². The van der Waals surface area contributed by atoms with Gasteiger partial charge in [-0.2, -0.15) is 0 Å². The Balaban J connectivity index is 1.59. The molecule has 0 aliphatic carbocycles. The van der Waals surface area contributed by atoms with Crippen LogP contribution < -0.4 is 10.1 Å². The van der Waals surface area contributed by atoms with E-state index < -0.39 is 0 Å². The summed E-state index contributed by atoms with van der Waals surface area (Å²) in [6.07, 6.45) is 0. The molecule has 0 aromatic heterocycles. The number of piperazine rings is 3. The van der Waals surface area contributed by atoms with Gasteiger partial charge in [-0.15, -0.1) is 0 Å². The zero-order valence-corrected chi connectivity index (χ0v) is 12.9. The first-order valence-electron chi connectivity index (χ1n) is 7.25. The number of amides is 1. The molecule has 3 aliphatic heterocycles. The fourth-order valence-corrected chi connectivity index (χ4v) is 3.23. The van der Waals surface area contributed by atoms with Crippen molar-refractivity contribution in [3.05, 3.63) is 28.8 Å². The lowest BCUT2D eigenvalue weighted by molar-refractivity contribution is 0.0138. The average Bonchev–Trinajstić information content (AvgIpc) is 2.54. The number of nitrogens with one attached hydrogen (secondary N) is 1. The van der Waals surface area contributed by atoms with Crippen LogP contribution in [0.15, 0.2) is 18.2 Å². The second-order valence-corrected chi connectivity index (χ2v) is 5.96. The normalized spacial score (nSPS) is 27.4. The van der Waals surface area contributed by atoms with Gasteiger partial charge in [-0.3, -0.25) is 14.6 Å². The Bertz CT molecular complexity index is 530. The third-order valence-electron chi connectivity index (χ3n) is 4.30. The zero-order valence-electron chi connectivity index (χ0n) is 12.1. The Labute approximate surface area is 129 Å². The van der Waals surface area contributed by atoms with Crippen molar-refractivity contribution in [1.29, 1.82) is 0 Å². The summed E-state index contributed by atoms with van der Waals surface area (Å²) in [5, 5.41) is 3.53. The van der Waals surface area contributed by atoms with E-state index in [-0.39, 0.29) is 5.91 Å². The van der Waals surface area contributed by atoms with E-state index >= 15 is 0 Å². The predicted molar refractivity (Wildman–Crippen MR) is 82.1 cm³/mol. The quantitative estimate of drug-likeness (QED) is 0.904. The van der Waals surface area contributed by atoms with Crippen molar-refractivity contribution in [2.45, 2.75) is 6.04 Å². The van der Waals surface area contributed by atoms with E-state index in [0.717, 1.165) is 32.7 Å². The van der Waals surface area contributed by atoms with E-state index in [2.05, 4.69) is 15.1 Å². The van der Waals surface area contributed by atoms with Crippen molar-refractivity contribution >= 4 is 17.5 Å². The molecule has 1 aromatic rings.